The molecule has 1 unspecified atom stereocenters. The summed E-state index contributed by atoms with van der Waals surface area (Å²) in [5, 5.41) is 9.05. The molecule has 0 bridgehead atoms. The van der Waals surface area contributed by atoms with Crippen LogP contribution in [0.5, 0.6) is 5.75 Å². The molecule has 0 spiro atoms. The number of nitrogens with zero attached hydrogens (tertiary/aromatic N) is 1. The van der Waals surface area contributed by atoms with Crippen LogP contribution in [0.25, 0.3) is 16.3 Å². The molecule has 1 atom stereocenters. The van der Waals surface area contributed by atoms with Crippen LogP contribution in [-0.4, -0.2) is 35.1 Å². The van der Waals surface area contributed by atoms with E-state index in [1.54, 1.807) is 73.8 Å². The lowest BCUT2D eigenvalue weighted by atomic mass is 10.1. The Labute approximate surface area is 267 Å². The number of amides is 3. The predicted octanol–water partition coefficient (Wildman–Crippen LogP) is 7.49. The number of hydrogen-bond donors (Lipinski definition) is 3. The molecule has 5 rings (SSSR count). The van der Waals surface area contributed by atoms with Crippen LogP contribution in [0.4, 0.5) is 10.8 Å². The van der Waals surface area contributed by atoms with Crippen molar-refractivity contribution >= 4 is 79.5 Å². The molecule has 0 saturated carbocycles. The molecule has 0 aliphatic rings. The maximum Gasteiger partial charge on any atom is 0.272 e. The van der Waals surface area contributed by atoms with E-state index in [4.69, 9.17) is 16.3 Å². The number of benzene rings is 4. The summed E-state index contributed by atoms with van der Waals surface area (Å²) in [6, 6.07) is 28.3. The first-order valence-corrected chi connectivity index (χ1v) is 15.5. The first-order valence-electron chi connectivity index (χ1n) is 13.4. The van der Waals surface area contributed by atoms with E-state index >= 15 is 0 Å². The van der Waals surface area contributed by atoms with E-state index in [9.17, 15) is 14.4 Å². The third-order valence-corrected chi connectivity index (χ3v) is 8.59. The van der Waals surface area contributed by atoms with Gasteiger partial charge >= 0.3 is 0 Å². The van der Waals surface area contributed by atoms with Gasteiger partial charge in [0.1, 0.15) is 11.4 Å². The number of carbonyl (C=O) groups is 3. The van der Waals surface area contributed by atoms with Crippen molar-refractivity contribution in [1.82, 2.24) is 10.3 Å². The van der Waals surface area contributed by atoms with Gasteiger partial charge < -0.3 is 20.7 Å². The number of ether oxygens (including phenoxy) is 1. The number of rotatable bonds is 10. The first-order chi connectivity index (χ1) is 21.3. The monoisotopic (exact) mass is 642 g/mol. The zero-order chi connectivity index (χ0) is 31.1. The summed E-state index contributed by atoms with van der Waals surface area (Å²) < 4.78 is 6.18. The Hall–Kier alpha value is -4.64. The van der Waals surface area contributed by atoms with Crippen LogP contribution < -0.4 is 20.7 Å². The Balaban J connectivity index is 1.23. The summed E-state index contributed by atoms with van der Waals surface area (Å²) in [6.07, 6.45) is 1.56. The normalized spacial score (nSPS) is 11.9. The highest BCUT2D eigenvalue weighted by Crippen LogP contribution is 2.31. The van der Waals surface area contributed by atoms with Crippen molar-refractivity contribution in [2.75, 3.05) is 17.7 Å². The van der Waals surface area contributed by atoms with E-state index < -0.39 is 17.1 Å². The van der Waals surface area contributed by atoms with E-state index in [-0.39, 0.29) is 11.6 Å². The third kappa shape index (κ3) is 8.04. The van der Waals surface area contributed by atoms with E-state index in [0.717, 1.165) is 20.9 Å². The molecule has 5 aromatic rings. The number of nitrogens with one attached hydrogen (secondary N) is 3. The predicted molar refractivity (Wildman–Crippen MR) is 179 cm³/mol. The van der Waals surface area contributed by atoms with Crippen LogP contribution in [0, 0.1) is 0 Å². The van der Waals surface area contributed by atoms with Crippen LogP contribution in [0.15, 0.2) is 108 Å². The van der Waals surface area contributed by atoms with Gasteiger partial charge in [-0.2, -0.15) is 0 Å². The second-order valence-electron chi connectivity index (χ2n) is 9.51. The second kappa shape index (κ2) is 14.2. The zero-order valence-corrected chi connectivity index (χ0v) is 26.1. The zero-order valence-electron chi connectivity index (χ0n) is 23.7. The quantitative estimate of drug-likeness (QED) is 0.108. The van der Waals surface area contributed by atoms with Crippen molar-refractivity contribution in [3.8, 4) is 5.75 Å². The number of hydrogen-bond acceptors (Lipinski definition) is 7. The van der Waals surface area contributed by atoms with Crippen molar-refractivity contribution in [1.29, 1.82) is 0 Å². The van der Waals surface area contributed by atoms with Gasteiger partial charge in [-0.3, -0.25) is 14.4 Å². The van der Waals surface area contributed by atoms with Gasteiger partial charge in [0.25, 0.3) is 11.8 Å². The van der Waals surface area contributed by atoms with E-state index in [0.29, 0.717) is 27.0 Å². The van der Waals surface area contributed by atoms with Crippen LogP contribution >= 0.6 is 34.7 Å². The van der Waals surface area contributed by atoms with Gasteiger partial charge in [-0.25, -0.2) is 4.98 Å². The van der Waals surface area contributed by atoms with Crippen LogP contribution in [0.1, 0.15) is 22.8 Å². The highest BCUT2D eigenvalue weighted by molar-refractivity contribution is 8.00. The topological polar surface area (TPSA) is 109 Å². The van der Waals surface area contributed by atoms with E-state index in [1.807, 2.05) is 43.3 Å². The molecular formula is C33H27ClN4O4S2. The van der Waals surface area contributed by atoms with Gasteiger partial charge in [0.15, 0.2) is 5.13 Å². The molecule has 0 aliphatic carbocycles. The minimum Gasteiger partial charge on any atom is -0.497 e. The molecule has 1 aromatic heterocycles. The second-order valence-corrected chi connectivity index (χ2v) is 12.4. The molecule has 0 aliphatic heterocycles. The highest BCUT2D eigenvalue weighted by Gasteiger charge is 2.18. The lowest BCUT2D eigenvalue weighted by molar-refractivity contribution is -0.115. The lowest BCUT2D eigenvalue weighted by Gasteiger charge is -2.13. The first kappa shape index (κ1) is 30.8. The fourth-order valence-corrected chi connectivity index (χ4v) is 6.03. The number of aromatic nitrogens is 1. The SMILES string of the molecule is COc1ccc2nc(NC(=O)C(C)Sc3ccc(NC(=O)/C(=C/c4cccc(Cl)c4)NC(=O)c4ccccc4)cc3)sc2c1. The number of thiazole rings is 1. The van der Waals surface area contributed by atoms with Gasteiger partial charge in [0, 0.05) is 21.2 Å². The summed E-state index contributed by atoms with van der Waals surface area (Å²) in [7, 11) is 1.60. The number of fused-ring (bicyclic) bond motifs is 1. The van der Waals surface area contributed by atoms with E-state index in [1.165, 1.54) is 23.1 Å². The Kier molecular flexibility index (Phi) is 9.96. The van der Waals surface area contributed by atoms with Crippen molar-refractivity contribution in [2.24, 2.45) is 0 Å². The van der Waals surface area contributed by atoms with Crippen LogP contribution in [-0.2, 0) is 9.59 Å². The van der Waals surface area contributed by atoms with Gasteiger partial charge in [-0.05, 0) is 85.3 Å². The molecule has 0 saturated heterocycles. The molecule has 4 aromatic carbocycles. The van der Waals surface area contributed by atoms with Crippen molar-refractivity contribution in [3.05, 3.63) is 119 Å². The number of methoxy groups -OCH3 is 1. The summed E-state index contributed by atoms with van der Waals surface area (Å²) in [4.78, 5) is 44.3. The largest absolute Gasteiger partial charge is 0.497 e. The minimum atomic E-state index is -0.504. The fraction of sp³-hybridized carbons (Fsp3) is 0.0909. The van der Waals surface area contributed by atoms with Crippen molar-refractivity contribution in [2.45, 2.75) is 17.1 Å². The Bertz CT molecular complexity index is 1840. The highest BCUT2D eigenvalue weighted by atomic mass is 35.5. The van der Waals surface area contributed by atoms with Gasteiger partial charge in [0.05, 0.1) is 22.6 Å². The number of thioether (sulfide) groups is 1. The number of anilines is 2. The Morgan fingerprint density at radius 3 is 2.43 bits per heavy atom. The van der Waals surface area contributed by atoms with Gasteiger partial charge in [-0.1, -0.05) is 53.3 Å². The minimum absolute atomic E-state index is 0.0538. The van der Waals surface area contributed by atoms with Crippen LogP contribution in [0.2, 0.25) is 5.02 Å². The summed E-state index contributed by atoms with van der Waals surface area (Å²) in [6.45, 7) is 1.81. The molecule has 8 nitrogen and oxygen atoms in total. The maximum atomic E-state index is 13.3. The number of halogens is 1. The number of carbonyl (C=O) groups excluding carboxylic acids is 3. The maximum absolute atomic E-state index is 13.3. The standard InChI is InChI=1S/C33H27ClN4O4S2/c1-20(30(39)38-33-37-27-16-13-25(42-2)19-29(27)44-33)43-26-14-11-24(12-15-26)35-32(41)28(18-21-7-6-10-23(34)17-21)36-31(40)22-8-4-3-5-9-22/h3-20H,1-2H3,(H,35,41)(H,36,40)(H,37,38,39)/b28-18-. The average Bonchev–Trinajstić information content (AvgIpc) is 3.43. The molecule has 0 radical (unpaired) electrons. The van der Waals surface area contributed by atoms with Gasteiger partial charge in [-0.15, -0.1) is 11.8 Å². The average molecular weight is 643 g/mol. The molecule has 11 heteroatoms. The molecule has 3 amide bonds. The Morgan fingerprint density at radius 2 is 1.70 bits per heavy atom. The molecule has 222 valence electrons. The summed E-state index contributed by atoms with van der Waals surface area (Å²) >= 11 is 8.89. The van der Waals surface area contributed by atoms with E-state index in [2.05, 4.69) is 20.9 Å². The summed E-state index contributed by atoms with van der Waals surface area (Å²) in [5.74, 6) is -0.370. The smallest absolute Gasteiger partial charge is 0.272 e. The molecule has 0 fully saturated rings. The molecule has 3 N–H and O–H groups in total. The third-order valence-electron chi connectivity index (χ3n) is 6.31. The molecule has 1 heterocycles. The van der Waals surface area contributed by atoms with Crippen molar-refractivity contribution in [3.63, 3.8) is 0 Å². The summed E-state index contributed by atoms with van der Waals surface area (Å²) in [5.41, 5.74) is 2.43. The molecular weight excluding hydrogens is 616 g/mol. The van der Waals surface area contributed by atoms with Gasteiger partial charge in [0.2, 0.25) is 5.91 Å². The van der Waals surface area contributed by atoms with Crippen molar-refractivity contribution < 1.29 is 19.1 Å². The fourth-order valence-electron chi connectivity index (χ4n) is 4.07. The Morgan fingerprint density at radius 1 is 0.932 bits per heavy atom. The molecule has 44 heavy (non-hydrogen) atoms. The van der Waals surface area contributed by atoms with Crippen LogP contribution in [0.3, 0.4) is 0 Å². The lowest BCUT2D eigenvalue weighted by Crippen LogP contribution is -2.30.